The molecule has 0 radical (unpaired) electrons. The number of halogens is 1. The summed E-state index contributed by atoms with van der Waals surface area (Å²) >= 11 is 3.04. The van der Waals surface area contributed by atoms with Gasteiger partial charge in [-0.3, -0.25) is 4.79 Å². The lowest BCUT2D eigenvalue weighted by Crippen LogP contribution is -1.99. The minimum Gasteiger partial charge on any atom is -0.466 e. The smallest absolute Gasteiger partial charge is 0.302 e. The van der Waals surface area contributed by atoms with E-state index in [1.165, 1.54) is 6.92 Å². The van der Waals surface area contributed by atoms with Crippen LogP contribution in [0.25, 0.3) is 0 Å². The minimum absolute atomic E-state index is 0.190. The van der Waals surface area contributed by atoms with Crippen molar-refractivity contribution in [1.82, 2.24) is 0 Å². The molecule has 0 unspecified atom stereocenters. The zero-order chi connectivity index (χ0) is 9.94. The predicted octanol–water partition coefficient (Wildman–Crippen LogP) is 2.86. The molecule has 13 heavy (non-hydrogen) atoms. The van der Waals surface area contributed by atoms with E-state index in [2.05, 4.69) is 26.7 Å². The summed E-state index contributed by atoms with van der Waals surface area (Å²) in [5, 5.41) is 0. The standard InChI is InChI=1S/C10H15BrO2/c1-10(12)13-9-7-5-3-2-4-6-8-11/h2-5,7,9H2,1H3. The van der Waals surface area contributed by atoms with Crippen LogP contribution in [-0.2, 0) is 9.53 Å². The van der Waals surface area contributed by atoms with Crippen molar-refractivity contribution in [3.8, 4) is 10.8 Å². The zero-order valence-electron chi connectivity index (χ0n) is 7.94. The lowest BCUT2D eigenvalue weighted by atomic mass is 10.1. The molecule has 0 aromatic heterocycles. The number of carbonyl (C=O) groups excluding carboxylic acids is 1. The van der Waals surface area contributed by atoms with Crippen LogP contribution < -0.4 is 0 Å². The van der Waals surface area contributed by atoms with Crippen LogP contribution in [-0.4, -0.2) is 12.6 Å². The van der Waals surface area contributed by atoms with E-state index >= 15 is 0 Å². The molecule has 0 aromatic carbocycles. The number of hydrogen-bond acceptors (Lipinski definition) is 2. The Morgan fingerprint density at radius 3 is 2.62 bits per heavy atom. The van der Waals surface area contributed by atoms with E-state index in [4.69, 9.17) is 4.74 Å². The fourth-order valence-corrected chi connectivity index (χ4v) is 1.13. The van der Waals surface area contributed by atoms with E-state index in [0.717, 1.165) is 32.1 Å². The topological polar surface area (TPSA) is 26.3 Å². The van der Waals surface area contributed by atoms with Gasteiger partial charge in [-0.25, -0.2) is 0 Å². The van der Waals surface area contributed by atoms with Gasteiger partial charge in [-0.05, 0) is 17.7 Å². The van der Waals surface area contributed by atoms with E-state index in [1.807, 2.05) is 0 Å². The lowest BCUT2D eigenvalue weighted by molar-refractivity contribution is -0.141. The Labute approximate surface area is 88.2 Å². The summed E-state index contributed by atoms with van der Waals surface area (Å²) in [6.07, 6.45) is 5.29. The number of hydrogen-bond donors (Lipinski definition) is 0. The Hall–Kier alpha value is -0.490. The summed E-state index contributed by atoms with van der Waals surface area (Å²) in [4.78, 5) is 13.0. The van der Waals surface area contributed by atoms with E-state index in [0.29, 0.717) is 6.61 Å². The molecule has 0 rings (SSSR count). The number of ether oxygens (including phenoxy) is 1. The highest BCUT2D eigenvalue weighted by molar-refractivity contribution is 9.12. The van der Waals surface area contributed by atoms with Crippen LogP contribution in [0.5, 0.6) is 0 Å². The van der Waals surface area contributed by atoms with Crippen molar-refractivity contribution in [2.45, 2.75) is 39.0 Å². The van der Waals surface area contributed by atoms with Crippen LogP contribution in [0.4, 0.5) is 0 Å². The van der Waals surface area contributed by atoms with E-state index in [1.54, 1.807) is 0 Å². The monoisotopic (exact) mass is 246 g/mol. The summed E-state index contributed by atoms with van der Waals surface area (Å²) in [5.74, 6) is 2.75. The Bertz CT molecular complexity index is 191. The first-order valence-corrected chi connectivity index (χ1v) is 5.28. The Morgan fingerprint density at radius 2 is 2.00 bits per heavy atom. The maximum Gasteiger partial charge on any atom is 0.302 e. The molecule has 0 amide bonds. The van der Waals surface area contributed by atoms with Crippen molar-refractivity contribution < 1.29 is 9.53 Å². The van der Waals surface area contributed by atoms with Crippen LogP contribution in [0.15, 0.2) is 0 Å². The molecule has 74 valence electrons. The van der Waals surface area contributed by atoms with Crippen LogP contribution in [0.1, 0.15) is 39.0 Å². The Morgan fingerprint density at radius 1 is 1.31 bits per heavy atom. The fourth-order valence-electron chi connectivity index (χ4n) is 0.932. The van der Waals surface area contributed by atoms with Gasteiger partial charge >= 0.3 is 5.97 Å². The second-order valence-corrected chi connectivity index (χ2v) is 3.17. The van der Waals surface area contributed by atoms with E-state index in [9.17, 15) is 4.79 Å². The van der Waals surface area contributed by atoms with E-state index < -0.39 is 0 Å². The second kappa shape index (κ2) is 9.60. The largest absolute Gasteiger partial charge is 0.466 e. The Kier molecular flexibility index (Phi) is 9.24. The van der Waals surface area contributed by atoms with E-state index in [-0.39, 0.29) is 5.97 Å². The molecule has 2 nitrogen and oxygen atoms in total. The zero-order valence-corrected chi connectivity index (χ0v) is 9.52. The van der Waals surface area contributed by atoms with Crippen molar-refractivity contribution in [3.05, 3.63) is 0 Å². The molecular weight excluding hydrogens is 232 g/mol. The molecule has 0 aliphatic carbocycles. The molecule has 0 atom stereocenters. The molecule has 0 saturated heterocycles. The molecular formula is C10H15BrO2. The summed E-state index contributed by atoms with van der Waals surface area (Å²) in [6, 6.07) is 0. The van der Waals surface area contributed by atoms with Gasteiger partial charge in [0, 0.05) is 29.3 Å². The third kappa shape index (κ3) is 11.5. The van der Waals surface area contributed by atoms with Crippen molar-refractivity contribution in [2.75, 3.05) is 6.61 Å². The van der Waals surface area contributed by atoms with Gasteiger partial charge in [0.25, 0.3) is 0 Å². The Balaban J connectivity index is 2.98. The highest BCUT2D eigenvalue weighted by Crippen LogP contribution is 2.02. The number of unbranched alkanes of at least 4 members (excludes halogenated alkanes) is 4. The van der Waals surface area contributed by atoms with Gasteiger partial charge in [0.05, 0.1) is 6.61 Å². The molecule has 0 fully saturated rings. The van der Waals surface area contributed by atoms with Gasteiger partial charge in [0.2, 0.25) is 0 Å². The van der Waals surface area contributed by atoms with Crippen LogP contribution in [0.3, 0.4) is 0 Å². The second-order valence-electron chi connectivity index (χ2n) is 2.78. The van der Waals surface area contributed by atoms with Gasteiger partial charge in [-0.15, -0.1) is 0 Å². The molecule has 0 aliphatic heterocycles. The average molecular weight is 247 g/mol. The highest BCUT2D eigenvalue weighted by Gasteiger charge is 1.92. The van der Waals surface area contributed by atoms with Crippen molar-refractivity contribution in [1.29, 1.82) is 0 Å². The van der Waals surface area contributed by atoms with Crippen molar-refractivity contribution in [3.63, 3.8) is 0 Å². The quantitative estimate of drug-likeness (QED) is 0.410. The average Bonchev–Trinajstić information content (AvgIpc) is 2.09. The molecule has 0 bridgehead atoms. The maximum absolute atomic E-state index is 10.4. The van der Waals surface area contributed by atoms with Gasteiger partial charge in [-0.2, -0.15) is 0 Å². The van der Waals surface area contributed by atoms with Crippen molar-refractivity contribution >= 4 is 21.9 Å². The number of rotatable bonds is 6. The van der Waals surface area contributed by atoms with Crippen LogP contribution >= 0.6 is 15.9 Å². The third-order valence-corrected chi connectivity index (χ3v) is 1.85. The van der Waals surface area contributed by atoms with Gasteiger partial charge < -0.3 is 4.74 Å². The summed E-state index contributed by atoms with van der Waals surface area (Å²) < 4.78 is 4.80. The third-order valence-electron chi connectivity index (χ3n) is 1.57. The first-order chi connectivity index (χ1) is 6.27. The fraction of sp³-hybridized carbons (Fsp3) is 0.700. The molecule has 0 saturated carbocycles. The van der Waals surface area contributed by atoms with Crippen molar-refractivity contribution in [2.24, 2.45) is 0 Å². The molecule has 0 N–H and O–H groups in total. The minimum atomic E-state index is -0.190. The molecule has 0 aliphatic rings. The van der Waals surface area contributed by atoms with Crippen LogP contribution in [0, 0.1) is 10.8 Å². The maximum atomic E-state index is 10.4. The van der Waals surface area contributed by atoms with Gasteiger partial charge in [0.1, 0.15) is 0 Å². The molecule has 0 aromatic rings. The van der Waals surface area contributed by atoms with Crippen LogP contribution in [0.2, 0.25) is 0 Å². The van der Waals surface area contributed by atoms with Gasteiger partial charge in [0.15, 0.2) is 0 Å². The molecule has 0 heterocycles. The normalized spacial score (nSPS) is 8.77. The van der Waals surface area contributed by atoms with Gasteiger partial charge in [-0.1, -0.05) is 18.8 Å². The first-order valence-electron chi connectivity index (χ1n) is 4.49. The summed E-state index contributed by atoms with van der Waals surface area (Å²) in [5.41, 5.74) is 0. The number of esters is 1. The lowest BCUT2D eigenvalue weighted by Gasteiger charge is -2.00. The summed E-state index contributed by atoms with van der Waals surface area (Å²) in [6.45, 7) is 1.99. The molecule has 0 spiro atoms. The summed E-state index contributed by atoms with van der Waals surface area (Å²) in [7, 11) is 0. The number of carbonyl (C=O) groups is 1. The predicted molar refractivity (Wildman–Crippen MR) is 56.4 cm³/mol. The molecule has 3 heteroatoms. The highest BCUT2D eigenvalue weighted by atomic mass is 79.9. The first kappa shape index (κ1) is 12.5. The SMILES string of the molecule is CC(=O)OCCCCCCC#CBr.